The number of rotatable bonds is 4. The first-order valence-electron chi connectivity index (χ1n) is 10.3. The molecule has 2 aromatic heterocycles. The number of nitrogens with zero attached hydrogens (tertiary/aromatic N) is 2. The van der Waals surface area contributed by atoms with E-state index in [0.717, 1.165) is 27.7 Å². The summed E-state index contributed by atoms with van der Waals surface area (Å²) < 4.78 is 5.23. The average molecular weight is 426 g/mol. The molecule has 1 atom stereocenters. The third-order valence-electron chi connectivity index (χ3n) is 5.90. The fourth-order valence-electron chi connectivity index (χ4n) is 4.16. The Bertz CT molecular complexity index is 1330. The van der Waals surface area contributed by atoms with E-state index in [0.29, 0.717) is 23.4 Å². The summed E-state index contributed by atoms with van der Waals surface area (Å²) in [5.41, 5.74) is 4.92. The summed E-state index contributed by atoms with van der Waals surface area (Å²) in [5, 5.41) is 3.94. The van der Waals surface area contributed by atoms with Crippen molar-refractivity contribution < 1.29 is 14.3 Å². The highest BCUT2D eigenvalue weighted by Gasteiger charge is 2.32. The van der Waals surface area contributed by atoms with Gasteiger partial charge < -0.3 is 19.9 Å². The highest BCUT2D eigenvalue weighted by atomic mass is 16.5. The maximum Gasteiger partial charge on any atom is 0.254 e. The number of aromatic nitrogens is 2. The van der Waals surface area contributed by atoms with Crippen molar-refractivity contribution in [3.63, 3.8) is 0 Å². The number of hydrogen-bond acceptors (Lipinski definition) is 4. The number of carbonyl (C=O) groups is 2. The standard InChI is InChI=1S/C25H22N4O3/c1-29-22-10-9-17(32-2)13-19(22)24(30)28-21(25(29)31)12-15-5-7-16(8-6-15)20-14-27-23-18(20)4-3-11-26-23/h3-11,13-14,21H,12H2,1-2H3,(H,26,27)(H,28,30). The zero-order valence-corrected chi connectivity index (χ0v) is 17.8. The molecule has 2 aromatic carbocycles. The number of nitrogens with one attached hydrogen (secondary N) is 2. The van der Waals surface area contributed by atoms with Crippen molar-refractivity contribution in [2.24, 2.45) is 0 Å². The van der Waals surface area contributed by atoms with Crippen molar-refractivity contribution in [2.45, 2.75) is 12.5 Å². The Morgan fingerprint density at radius 3 is 2.66 bits per heavy atom. The molecular formula is C25H22N4O3. The number of H-pyrrole nitrogens is 1. The first-order chi connectivity index (χ1) is 15.5. The number of carbonyl (C=O) groups excluding carboxylic acids is 2. The Morgan fingerprint density at radius 2 is 1.88 bits per heavy atom. The van der Waals surface area contributed by atoms with E-state index < -0.39 is 6.04 Å². The van der Waals surface area contributed by atoms with E-state index in [9.17, 15) is 9.59 Å². The van der Waals surface area contributed by atoms with E-state index in [4.69, 9.17) is 4.74 Å². The van der Waals surface area contributed by atoms with Crippen molar-refractivity contribution in [1.82, 2.24) is 15.3 Å². The topological polar surface area (TPSA) is 87.3 Å². The van der Waals surface area contributed by atoms with Gasteiger partial charge in [0.05, 0.1) is 18.4 Å². The summed E-state index contributed by atoms with van der Waals surface area (Å²) >= 11 is 0. The Kier molecular flexibility index (Phi) is 4.86. The van der Waals surface area contributed by atoms with Crippen LogP contribution in [0.25, 0.3) is 22.2 Å². The van der Waals surface area contributed by atoms with Crippen LogP contribution in [0.1, 0.15) is 15.9 Å². The van der Waals surface area contributed by atoms with Crippen LogP contribution in [0.3, 0.4) is 0 Å². The number of amides is 2. The summed E-state index contributed by atoms with van der Waals surface area (Å²) in [6.45, 7) is 0. The molecule has 0 saturated carbocycles. The van der Waals surface area contributed by atoms with E-state index in [1.807, 2.05) is 42.6 Å². The van der Waals surface area contributed by atoms with Crippen LogP contribution in [0.2, 0.25) is 0 Å². The van der Waals surface area contributed by atoms with Gasteiger partial charge in [0, 0.05) is 36.8 Å². The van der Waals surface area contributed by atoms with E-state index in [1.54, 1.807) is 38.6 Å². The number of fused-ring (bicyclic) bond motifs is 2. The summed E-state index contributed by atoms with van der Waals surface area (Å²) in [6.07, 6.45) is 4.10. The Hall–Kier alpha value is -4.13. The number of anilines is 1. The second-order valence-corrected chi connectivity index (χ2v) is 7.81. The Balaban J connectivity index is 1.39. The van der Waals surface area contributed by atoms with Crippen LogP contribution in [0.4, 0.5) is 5.69 Å². The van der Waals surface area contributed by atoms with Crippen LogP contribution in [0, 0.1) is 0 Å². The highest BCUT2D eigenvalue weighted by Crippen LogP contribution is 2.29. The fourth-order valence-corrected chi connectivity index (χ4v) is 4.16. The molecule has 0 radical (unpaired) electrons. The predicted octanol–water partition coefficient (Wildman–Crippen LogP) is 3.56. The molecule has 1 unspecified atom stereocenters. The minimum Gasteiger partial charge on any atom is -0.497 e. The number of aromatic amines is 1. The van der Waals surface area contributed by atoms with Gasteiger partial charge in [0.2, 0.25) is 5.91 Å². The summed E-state index contributed by atoms with van der Waals surface area (Å²) in [6, 6.07) is 16.5. The molecule has 5 rings (SSSR count). The molecule has 7 heteroatoms. The predicted molar refractivity (Wildman–Crippen MR) is 123 cm³/mol. The molecule has 0 aliphatic carbocycles. The molecule has 3 heterocycles. The zero-order chi connectivity index (χ0) is 22.2. The molecule has 0 fully saturated rings. The molecule has 160 valence electrons. The molecule has 1 aliphatic heterocycles. The third kappa shape index (κ3) is 3.37. The minimum atomic E-state index is -0.658. The molecule has 1 aliphatic rings. The smallest absolute Gasteiger partial charge is 0.254 e. The van der Waals surface area contributed by atoms with Crippen molar-refractivity contribution in [3.05, 3.63) is 78.1 Å². The lowest BCUT2D eigenvalue weighted by molar-refractivity contribution is -0.120. The van der Waals surface area contributed by atoms with Crippen LogP contribution < -0.4 is 15.0 Å². The molecule has 7 nitrogen and oxygen atoms in total. The average Bonchev–Trinajstić information content (AvgIpc) is 3.23. The van der Waals surface area contributed by atoms with Crippen LogP contribution in [0.5, 0.6) is 5.75 Å². The summed E-state index contributed by atoms with van der Waals surface area (Å²) in [5.74, 6) is 0.125. The number of benzene rings is 2. The van der Waals surface area contributed by atoms with Gasteiger partial charge in [-0.25, -0.2) is 4.98 Å². The molecule has 4 aromatic rings. The van der Waals surface area contributed by atoms with Gasteiger partial charge in [-0.2, -0.15) is 0 Å². The maximum absolute atomic E-state index is 13.1. The first-order valence-corrected chi connectivity index (χ1v) is 10.3. The van der Waals surface area contributed by atoms with Gasteiger partial charge >= 0.3 is 0 Å². The van der Waals surface area contributed by atoms with E-state index in [-0.39, 0.29) is 11.8 Å². The Morgan fingerprint density at radius 1 is 1.06 bits per heavy atom. The lowest BCUT2D eigenvalue weighted by Crippen LogP contribution is -2.45. The van der Waals surface area contributed by atoms with Gasteiger partial charge in [0.15, 0.2) is 0 Å². The molecule has 0 bridgehead atoms. The zero-order valence-electron chi connectivity index (χ0n) is 17.8. The highest BCUT2D eigenvalue weighted by molar-refractivity contribution is 6.11. The molecule has 2 amide bonds. The van der Waals surface area contributed by atoms with Gasteiger partial charge in [0.25, 0.3) is 5.91 Å². The first kappa shape index (κ1) is 19.8. The van der Waals surface area contributed by atoms with Gasteiger partial charge in [0.1, 0.15) is 17.4 Å². The lowest BCUT2D eigenvalue weighted by Gasteiger charge is -2.21. The lowest BCUT2D eigenvalue weighted by atomic mass is 10.00. The minimum absolute atomic E-state index is 0.158. The monoisotopic (exact) mass is 426 g/mol. The van der Waals surface area contributed by atoms with Crippen molar-refractivity contribution in [2.75, 3.05) is 19.1 Å². The molecule has 32 heavy (non-hydrogen) atoms. The normalized spacial score (nSPS) is 15.9. The summed E-state index contributed by atoms with van der Waals surface area (Å²) in [4.78, 5) is 35.0. The number of hydrogen-bond donors (Lipinski definition) is 2. The van der Waals surface area contributed by atoms with Gasteiger partial charge in [-0.15, -0.1) is 0 Å². The quantitative estimate of drug-likeness (QED) is 0.522. The molecule has 0 saturated heterocycles. The molecule has 2 N–H and O–H groups in total. The van der Waals surface area contributed by atoms with Crippen molar-refractivity contribution >= 4 is 28.5 Å². The third-order valence-corrected chi connectivity index (χ3v) is 5.90. The number of pyridine rings is 1. The number of methoxy groups -OCH3 is 1. The van der Waals surface area contributed by atoms with E-state index in [2.05, 4.69) is 15.3 Å². The SMILES string of the molecule is COc1ccc2c(c1)C(=O)NC(Cc1ccc(-c3c[nH]c4ncccc34)cc1)C(=O)N2C. The van der Waals surface area contributed by atoms with Gasteiger partial charge in [-0.1, -0.05) is 24.3 Å². The molecule has 0 spiro atoms. The van der Waals surface area contributed by atoms with E-state index in [1.165, 1.54) is 4.90 Å². The van der Waals surface area contributed by atoms with Crippen LogP contribution in [-0.4, -0.2) is 42.0 Å². The fraction of sp³-hybridized carbons (Fsp3) is 0.160. The van der Waals surface area contributed by atoms with Crippen LogP contribution in [-0.2, 0) is 11.2 Å². The van der Waals surface area contributed by atoms with Crippen molar-refractivity contribution in [1.29, 1.82) is 0 Å². The second kappa shape index (κ2) is 7.85. The molecular weight excluding hydrogens is 404 g/mol. The van der Waals surface area contributed by atoms with Gasteiger partial charge in [-0.05, 0) is 41.5 Å². The largest absolute Gasteiger partial charge is 0.497 e. The van der Waals surface area contributed by atoms with Crippen LogP contribution in [0.15, 0.2) is 67.0 Å². The van der Waals surface area contributed by atoms with Crippen molar-refractivity contribution in [3.8, 4) is 16.9 Å². The van der Waals surface area contributed by atoms with E-state index >= 15 is 0 Å². The van der Waals surface area contributed by atoms with Gasteiger partial charge in [-0.3, -0.25) is 9.59 Å². The maximum atomic E-state index is 13.1. The second-order valence-electron chi connectivity index (χ2n) is 7.81. The Labute approximate surface area is 185 Å². The number of likely N-dealkylation sites (N-methyl/N-ethyl adjacent to an activating group) is 1. The number of ether oxygens (including phenoxy) is 1. The van der Waals surface area contributed by atoms with Crippen LogP contribution >= 0.6 is 0 Å². The summed E-state index contributed by atoms with van der Waals surface area (Å²) in [7, 11) is 3.24.